The van der Waals surface area contributed by atoms with E-state index < -0.39 is 6.09 Å². The average molecular weight is 240 g/mol. The molecule has 1 amide bonds. The fourth-order valence-corrected chi connectivity index (χ4v) is 1.11. The lowest BCUT2D eigenvalue weighted by molar-refractivity contribution is 0.161. The highest BCUT2D eigenvalue weighted by atomic mass is 32.1. The maximum atomic E-state index is 10.3. The second kappa shape index (κ2) is 5.86. The molecule has 0 aliphatic rings. The standard InChI is InChI=1S/C9H12N4O2S/c10-8(16)7-2-1-6(5-13-7)12-3-4-15-9(11)14/h1-2,5,12H,3-4H2,(H2,10,16)(H2,11,14). The van der Waals surface area contributed by atoms with Gasteiger partial charge < -0.3 is 21.5 Å². The van der Waals surface area contributed by atoms with E-state index in [1.54, 1.807) is 18.3 Å². The van der Waals surface area contributed by atoms with Gasteiger partial charge in [0.2, 0.25) is 0 Å². The first-order valence-corrected chi connectivity index (χ1v) is 4.92. The summed E-state index contributed by atoms with van der Waals surface area (Å²) in [4.78, 5) is 14.5. The minimum atomic E-state index is -0.788. The Morgan fingerprint density at radius 2 is 2.25 bits per heavy atom. The minimum absolute atomic E-state index is 0.201. The lowest BCUT2D eigenvalue weighted by Gasteiger charge is -2.06. The molecule has 0 saturated heterocycles. The van der Waals surface area contributed by atoms with Crippen LogP contribution in [-0.4, -0.2) is 29.2 Å². The van der Waals surface area contributed by atoms with Gasteiger partial charge in [-0.3, -0.25) is 4.98 Å². The quantitative estimate of drug-likeness (QED) is 0.502. The number of amides is 1. The molecule has 0 spiro atoms. The number of carbonyl (C=O) groups excluding carboxylic acids is 1. The third kappa shape index (κ3) is 4.09. The van der Waals surface area contributed by atoms with Crippen molar-refractivity contribution in [1.82, 2.24) is 4.98 Å². The lowest BCUT2D eigenvalue weighted by atomic mass is 10.3. The summed E-state index contributed by atoms with van der Waals surface area (Å²) in [5.41, 5.74) is 11.5. The molecule has 0 bridgehead atoms. The maximum Gasteiger partial charge on any atom is 0.404 e. The van der Waals surface area contributed by atoms with E-state index in [0.29, 0.717) is 12.2 Å². The molecule has 7 heteroatoms. The number of hydrogen-bond acceptors (Lipinski definition) is 5. The number of nitrogens with one attached hydrogen (secondary N) is 1. The van der Waals surface area contributed by atoms with Crippen LogP contribution in [0.5, 0.6) is 0 Å². The number of nitrogens with two attached hydrogens (primary N) is 2. The molecule has 16 heavy (non-hydrogen) atoms. The zero-order valence-electron chi connectivity index (χ0n) is 8.47. The molecule has 0 aliphatic heterocycles. The Labute approximate surface area is 98.0 Å². The van der Waals surface area contributed by atoms with E-state index in [9.17, 15) is 4.79 Å². The molecule has 1 aromatic rings. The highest BCUT2D eigenvalue weighted by molar-refractivity contribution is 7.80. The first kappa shape index (κ1) is 12.2. The van der Waals surface area contributed by atoms with Gasteiger partial charge in [0, 0.05) is 6.54 Å². The first-order chi connectivity index (χ1) is 7.59. The number of anilines is 1. The summed E-state index contributed by atoms with van der Waals surface area (Å²) in [6.07, 6.45) is 0.808. The summed E-state index contributed by atoms with van der Waals surface area (Å²) in [7, 11) is 0. The highest BCUT2D eigenvalue weighted by Crippen LogP contribution is 2.05. The summed E-state index contributed by atoms with van der Waals surface area (Å²) >= 11 is 4.76. The number of nitrogens with zero attached hydrogens (tertiary/aromatic N) is 1. The zero-order valence-corrected chi connectivity index (χ0v) is 9.29. The van der Waals surface area contributed by atoms with Gasteiger partial charge in [-0.1, -0.05) is 12.2 Å². The normalized spacial score (nSPS) is 9.50. The van der Waals surface area contributed by atoms with Gasteiger partial charge in [0.05, 0.1) is 17.6 Å². The van der Waals surface area contributed by atoms with Gasteiger partial charge in [-0.25, -0.2) is 4.79 Å². The van der Waals surface area contributed by atoms with Crippen LogP contribution < -0.4 is 16.8 Å². The van der Waals surface area contributed by atoms with E-state index >= 15 is 0 Å². The number of aromatic nitrogens is 1. The third-order valence-corrected chi connectivity index (χ3v) is 1.90. The number of pyridine rings is 1. The summed E-state index contributed by atoms with van der Waals surface area (Å²) in [6, 6.07) is 3.49. The van der Waals surface area contributed by atoms with Crippen LogP contribution >= 0.6 is 12.2 Å². The van der Waals surface area contributed by atoms with Gasteiger partial charge in [0.1, 0.15) is 11.6 Å². The molecule has 0 atom stereocenters. The highest BCUT2D eigenvalue weighted by Gasteiger charge is 1.98. The molecule has 0 fully saturated rings. The van der Waals surface area contributed by atoms with Crippen LogP contribution in [0.15, 0.2) is 18.3 Å². The number of carbonyl (C=O) groups is 1. The van der Waals surface area contributed by atoms with Gasteiger partial charge >= 0.3 is 6.09 Å². The fourth-order valence-electron chi connectivity index (χ4n) is 0.991. The number of ether oxygens (including phenoxy) is 1. The molecule has 0 unspecified atom stereocenters. The van der Waals surface area contributed by atoms with Crippen LogP contribution in [0, 0.1) is 0 Å². The topological polar surface area (TPSA) is 103 Å². The van der Waals surface area contributed by atoms with Crippen molar-refractivity contribution < 1.29 is 9.53 Å². The Balaban J connectivity index is 2.38. The van der Waals surface area contributed by atoms with Crippen molar-refractivity contribution in [2.75, 3.05) is 18.5 Å². The predicted molar refractivity (Wildman–Crippen MR) is 64.1 cm³/mol. The number of primary amides is 1. The Bertz CT molecular complexity index is 380. The molecule has 86 valence electrons. The molecule has 1 heterocycles. The predicted octanol–water partition coefficient (Wildman–Crippen LogP) is 0.223. The van der Waals surface area contributed by atoms with Gasteiger partial charge in [0.25, 0.3) is 0 Å². The van der Waals surface area contributed by atoms with E-state index in [-0.39, 0.29) is 11.6 Å². The molecule has 0 aromatic carbocycles. The SMILES string of the molecule is NC(=O)OCCNc1ccc(C(N)=S)nc1. The van der Waals surface area contributed by atoms with Crippen molar-refractivity contribution in [1.29, 1.82) is 0 Å². The van der Waals surface area contributed by atoms with Crippen molar-refractivity contribution in [2.24, 2.45) is 11.5 Å². The number of thiocarbonyl (C=S) groups is 1. The summed E-state index contributed by atoms with van der Waals surface area (Å²) in [6.45, 7) is 0.656. The Morgan fingerprint density at radius 1 is 1.50 bits per heavy atom. The molecular formula is C9H12N4O2S. The van der Waals surface area contributed by atoms with Crippen molar-refractivity contribution in [3.8, 4) is 0 Å². The van der Waals surface area contributed by atoms with E-state index in [4.69, 9.17) is 23.7 Å². The molecule has 1 aromatic heterocycles. The zero-order chi connectivity index (χ0) is 12.0. The number of hydrogen-bond donors (Lipinski definition) is 3. The van der Waals surface area contributed by atoms with Crippen LogP contribution in [-0.2, 0) is 4.74 Å². The third-order valence-electron chi connectivity index (χ3n) is 1.69. The molecule has 0 aliphatic carbocycles. The van der Waals surface area contributed by atoms with Crippen LogP contribution in [0.4, 0.5) is 10.5 Å². The Kier molecular flexibility index (Phi) is 4.46. The van der Waals surface area contributed by atoms with Crippen molar-refractivity contribution in [2.45, 2.75) is 0 Å². The summed E-state index contributed by atoms with van der Waals surface area (Å²) in [5, 5.41) is 2.99. The van der Waals surface area contributed by atoms with Crippen molar-refractivity contribution >= 4 is 29.0 Å². The summed E-state index contributed by atoms with van der Waals surface area (Å²) in [5.74, 6) is 0. The summed E-state index contributed by atoms with van der Waals surface area (Å²) < 4.78 is 4.54. The van der Waals surface area contributed by atoms with E-state index in [1.165, 1.54) is 0 Å². The Hall–Kier alpha value is -1.89. The lowest BCUT2D eigenvalue weighted by Crippen LogP contribution is -2.18. The van der Waals surface area contributed by atoms with Gasteiger partial charge in [-0.2, -0.15) is 0 Å². The van der Waals surface area contributed by atoms with Crippen molar-refractivity contribution in [3.63, 3.8) is 0 Å². The molecule has 6 nitrogen and oxygen atoms in total. The Morgan fingerprint density at radius 3 is 2.75 bits per heavy atom. The van der Waals surface area contributed by atoms with Gasteiger partial charge in [-0.05, 0) is 12.1 Å². The van der Waals surface area contributed by atoms with Crippen LogP contribution in [0.2, 0.25) is 0 Å². The van der Waals surface area contributed by atoms with Crippen LogP contribution in [0.25, 0.3) is 0 Å². The fraction of sp³-hybridized carbons (Fsp3) is 0.222. The van der Waals surface area contributed by atoms with Crippen LogP contribution in [0.3, 0.4) is 0 Å². The molecule has 5 N–H and O–H groups in total. The maximum absolute atomic E-state index is 10.3. The largest absolute Gasteiger partial charge is 0.448 e. The second-order valence-electron chi connectivity index (χ2n) is 2.89. The van der Waals surface area contributed by atoms with E-state index in [1.807, 2.05) is 0 Å². The average Bonchev–Trinajstić information content (AvgIpc) is 2.25. The first-order valence-electron chi connectivity index (χ1n) is 4.51. The van der Waals surface area contributed by atoms with Crippen molar-refractivity contribution in [3.05, 3.63) is 24.0 Å². The van der Waals surface area contributed by atoms with E-state index in [2.05, 4.69) is 15.0 Å². The molecule has 1 rings (SSSR count). The van der Waals surface area contributed by atoms with Gasteiger partial charge in [-0.15, -0.1) is 0 Å². The monoisotopic (exact) mass is 240 g/mol. The molecular weight excluding hydrogens is 228 g/mol. The minimum Gasteiger partial charge on any atom is -0.448 e. The van der Waals surface area contributed by atoms with Gasteiger partial charge in [0.15, 0.2) is 0 Å². The second-order valence-corrected chi connectivity index (χ2v) is 3.33. The smallest absolute Gasteiger partial charge is 0.404 e. The molecule has 0 saturated carbocycles. The van der Waals surface area contributed by atoms with E-state index in [0.717, 1.165) is 5.69 Å². The molecule has 0 radical (unpaired) electrons. The van der Waals surface area contributed by atoms with Crippen LogP contribution in [0.1, 0.15) is 5.69 Å². The number of rotatable bonds is 5.